The molecular formula is C19H15FN4O2S. The highest BCUT2D eigenvalue weighted by Crippen LogP contribution is 2.23. The van der Waals surface area contributed by atoms with Crippen LogP contribution < -0.4 is 0 Å². The number of hydrogen-bond donors (Lipinski definition) is 1. The highest BCUT2D eigenvalue weighted by atomic mass is 32.2. The summed E-state index contributed by atoms with van der Waals surface area (Å²) in [5.41, 5.74) is 1.48. The number of aryl methyl sites for hydroxylation is 1. The molecule has 1 N–H and O–H groups in total. The van der Waals surface area contributed by atoms with Crippen molar-refractivity contribution in [2.45, 2.75) is 17.8 Å². The molecule has 27 heavy (non-hydrogen) atoms. The summed E-state index contributed by atoms with van der Waals surface area (Å²) < 4.78 is 23.9. The molecular weight excluding hydrogens is 367 g/mol. The van der Waals surface area contributed by atoms with E-state index >= 15 is 0 Å². The lowest BCUT2D eigenvalue weighted by Gasteiger charge is -1.94. The van der Waals surface area contributed by atoms with Crippen LogP contribution in [-0.2, 0) is 5.75 Å². The molecule has 0 atom stereocenters. The molecule has 0 aliphatic rings. The van der Waals surface area contributed by atoms with Gasteiger partial charge >= 0.3 is 0 Å². The third kappa shape index (κ3) is 4.35. The first kappa shape index (κ1) is 17.3. The molecule has 0 aliphatic heterocycles. The van der Waals surface area contributed by atoms with Crippen LogP contribution >= 0.6 is 11.8 Å². The van der Waals surface area contributed by atoms with Crippen LogP contribution in [0, 0.1) is 12.7 Å². The minimum absolute atomic E-state index is 0.294. The molecule has 0 radical (unpaired) electrons. The van der Waals surface area contributed by atoms with Gasteiger partial charge in [-0.25, -0.2) is 14.4 Å². The van der Waals surface area contributed by atoms with Crippen LogP contribution in [-0.4, -0.2) is 20.2 Å². The minimum Gasteiger partial charge on any atom is -0.462 e. The van der Waals surface area contributed by atoms with Crippen LogP contribution in [0.25, 0.3) is 23.6 Å². The molecule has 0 amide bonds. The number of H-pyrrole nitrogens is 1. The number of benzene rings is 1. The zero-order valence-electron chi connectivity index (χ0n) is 14.3. The van der Waals surface area contributed by atoms with E-state index < -0.39 is 0 Å². The average molecular weight is 382 g/mol. The molecule has 6 nitrogen and oxygen atoms in total. The Kier molecular flexibility index (Phi) is 4.88. The lowest BCUT2D eigenvalue weighted by molar-refractivity contribution is 0.525. The number of nitrogens with one attached hydrogen (secondary N) is 1. The van der Waals surface area contributed by atoms with Gasteiger partial charge in [-0.3, -0.25) is 5.10 Å². The maximum Gasteiger partial charge on any atom is 0.226 e. The average Bonchev–Trinajstić information content (AvgIpc) is 3.40. The molecule has 4 rings (SSSR count). The van der Waals surface area contributed by atoms with E-state index in [1.54, 1.807) is 24.5 Å². The van der Waals surface area contributed by atoms with Gasteiger partial charge in [-0.2, -0.15) is 0 Å². The zero-order valence-corrected chi connectivity index (χ0v) is 15.2. The Balaban J connectivity index is 1.36. The van der Waals surface area contributed by atoms with E-state index in [2.05, 4.69) is 20.2 Å². The summed E-state index contributed by atoms with van der Waals surface area (Å²) in [5.74, 6) is 2.97. The fraction of sp³-hybridized carbons (Fsp3) is 0.105. The maximum atomic E-state index is 13.0. The second-order valence-electron chi connectivity index (χ2n) is 5.72. The summed E-state index contributed by atoms with van der Waals surface area (Å²) in [7, 11) is 0. The van der Waals surface area contributed by atoms with E-state index in [4.69, 9.17) is 8.83 Å². The molecule has 136 valence electrons. The van der Waals surface area contributed by atoms with E-state index in [1.165, 1.54) is 23.9 Å². The van der Waals surface area contributed by atoms with Crippen molar-refractivity contribution in [3.8, 4) is 11.5 Å². The molecule has 3 aromatic heterocycles. The van der Waals surface area contributed by atoms with Gasteiger partial charge in [-0.05, 0) is 55.5 Å². The van der Waals surface area contributed by atoms with Gasteiger partial charge in [0.15, 0.2) is 0 Å². The summed E-state index contributed by atoms with van der Waals surface area (Å²) in [6, 6.07) is 9.81. The molecule has 0 unspecified atom stereocenters. The Morgan fingerprint density at radius 2 is 1.96 bits per heavy atom. The Labute approximate surface area is 158 Å². The van der Waals surface area contributed by atoms with E-state index in [0.717, 1.165) is 22.8 Å². The van der Waals surface area contributed by atoms with Crippen LogP contribution in [0.15, 0.2) is 56.7 Å². The summed E-state index contributed by atoms with van der Waals surface area (Å²) in [5, 5.41) is 7.64. The quantitative estimate of drug-likeness (QED) is 0.475. The van der Waals surface area contributed by atoms with Crippen LogP contribution in [0.5, 0.6) is 0 Å². The van der Waals surface area contributed by atoms with Crippen molar-refractivity contribution in [2.24, 2.45) is 0 Å². The monoisotopic (exact) mass is 382 g/mol. The lowest BCUT2D eigenvalue weighted by atomic mass is 10.2. The summed E-state index contributed by atoms with van der Waals surface area (Å²) in [4.78, 5) is 8.80. The summed E-state index contributed by atoms with van der Waals surface area (Å²) in [6.07, 6.45) is 5.21. The molecule has 0 aliphatic carbocycles. The lowest BCUT2D eigenvalue weighted by Crippen LogP contribution is -1.84. The first-order valence-corrected chi connectivity index (χ1v) is 9.14. The molecule has 0 fully saturated rings. The van der Waals surface area contributed by atoms with E-state index in [9.17, 15) is 4.39 Å². The highest BCUT2D eigenvalue weighted by molar-refractivity contribution is 7.98. The second kappa shape index (κ2) is 7.63. The van der Waals surface area contributed by atoms with Crippen molar-refractivity contribution in [3.63, 3.8) is 0 Å². The fourth-order valence-corrected chi connectivity index (χ4v) is 3.02. The minimum atomic E-state index is -0.294. The van der Waals surface area contributed by atoms with Crippen molar-refractivity contribution in [1.82, 2.24) is 20.2 Å². The molecule has 0 spiro atoms. The fourth-order valence-electron chi connectivity index (χ4n) is 2.34. The Morgan fingerprint density at radius 1 is 1.11 bits per heavy atom. The number of aromatic amines is 1. The normalized spacial score (nSPS) is 11.5. The van der Waals surface area contributed by atoms with Crippen molar-refractivity contribution in [2.75, 3.05) is 0 Å². The molecule has 0 saturated carbocycles. The van der Waals surface area contributed by atoms with Crippen LogP contribution in [0.4, 0.5) is 4.39 Å². The Hall–Kier alpha value is -3.13. The SMILES string of the molecule is Cc1ccc(/C=C/c2nc(SCc3coc(-c4ccc(F)cc4)n3)n[nH]2)o1. The van der Waals surface area contributed by atoms with E-state index in [1.807, 2.05) is 25.1 Å². The number of aromatic nitrogens is 4. The molecule has 1 aromatic carbocycles. The molecule has 0 bridgehead atoms. The summed E-state index contributed by atoms with van der Waals surface area (Å²) >= 11 is 1.44. The van der Waals surface area contributed by atoms with Gasteiger partial charge in [0.1, 0.15) is 29.4 Å². The number of hydrogen-bond acceptors (Lipinski definition) is 6. The largest absolute Gasteiger partial charge is 0.462 e. The van der Waals surface area contributed by atoms with Gasteiger partial charge < -0.3 is 8.83 Å². The second-order valence-corrected chi connectivity index (χ2v) is 6.67. The van der Waals surface area contributed by atoms with Crippen molar-refractivity contribution in [1.29, 1.82) is 0 Å². The van der Waals surface area contributed by atoms with Crippen molar-refractivity contribution < 1.29 is 13.2 Å². The number of thioether (sulfide) groups is 1. The predicted octanol–water partition coefficient (Wildman–Crippen LogP) is 4.96. The van der Waals surface area contributed by atoms with Crippen LogP contribution in [0.1, 0.15) is 23.0 Å². The third-order valence-corrected chi connectivity index (χ3v) is 4.52. The first-order valence-electron chi connectivity index (χ1n) is 8.16. The Bertz CT molecular complexity index is 1070. The van der Waals surface area contributed by atoms with E-state index in [-0.39, 0.29) is 5.82 Å². The van der Waals surface area contributed by atoms with Gasteiger partial charge in [-0.1, -0.05) is 11.8 Å². The molecule has 4 aromatic rings. The van der Waals surface area contributed by atoms with Gasteiger partial charge in [0.05, 0.1) is 5.69 Å². The standard InChI is InChI=1S/C19H15FN4O2S/c1-12-2-7-16(26-12)8-9-17-22-19(24-23-17)27-11-15-10-25-18(21-15)13-3-5-14(20)6-4-13/h2-10H,11H2,1H3,(H,22,23,24)/b9-8+. The molecule has 0 saturated heterocycles. The highest BCUT2D eigenvalue weighted by Gasteiger charge is 2.09. The van der Waals surface area contributed by atoms with Crippen LogP contribution in [0.3, 0.4) is 0 Å². The first-order chi connectivity index (χ1) is 13.2. The van der Waals surface area contributed by atoms with Gasteiger partial charge in [-0.15, -0.1) is 5.10 Å². The Morgan fingerprint density at radius 3 is 2.74 bits per heavy atom. The van der Waals surface area contributed by atoms with E-state index in [0.29, 0.717) is 22.6 Å². The molecule has 8 heteroatoms. The number of furan rings is 1. The predicted molar refractivity (Wildman–Crippen MR) is 100 cm³/mol. The molecule has 3 heterocycles. The summed E-state index contributed by atoms with van der Waals surface area (Å²) in [6.45, 7) is 1.89. The number of rotatable bonds is 6. The maximum absolute atomic E-state index is 13.0. The van der Waals surface area contributed by atoms with Gasteiger partial charge in [0, 0.05) is 11.3 Å². The van der Waals surface area contributed by atoms with Crippen LogP contribution in [0.2, 0.25) is 0 Å². The number of oxazole rings is 1. The van der Waals surface area contributed by atoms with Gasteiger partial charge in [0.2, 0.25) is 11.0 Å². The number of nitrogens with zero attached hydrogens (tertiary/aromatic N) is 3. The topological polar surface area (TPSA) is 80.7 Å². The number of halogens is 1. The smallest absolute Gasteiger partial charge is 0.226 e. The third-order valence-electron chi connectivity index (χ3n) is 3.64. The zero-order chi connectivity index (χ0) is 18.6. The van der Waals surface area contributed by atoms with Gasteiger partial charge in [0.25, 0.3) is 0 Å². The van der Waals surface area contributed by atoms with Crippen molar-refractivity contribution in [3.05, 3.63) is 71.5 Å². The van der Waals surface area contributed by atoms with Crippen molar-refractivity contribution >= 4 is 23.9 Å².